The predicted molar refractivity (Wildman–Crippen MR) is 57.6 cm³/mol. The molecule has 3 unspecified atom stereocenters. The monoisotopic (exact) mass is 265 g/mol. The van der Waals surface area contributed by atoms with Crippen molar-refractivity contribution in [2.75, 3.05) is 0 Å². The summed E-state index contributed by atoms with van der Waals surface area (Å²) < 4.78 is 3.27. The van der Waals surface area contributed by atoms with Crippen molar-refractivity contribution in [1.82, 2.24) is 3.53 Å². The number of allylic oxidation sites excluding steroid dienone is 2. The Bertz CT molecular complexity index is 161. The molecule has 1 rings (SSSR count). The van der Waals surface area contributed by atoms with E-state index in [1.54, 1.807) is 0 Å². The summed E-state index contributed by atoms with van der Waals surface area (Å²) in [6, 6.07) is 0.677. The molecule has 1 saturated carbocycles. The van der Waals surface area contributed by atoms with Gasteiger partial charge in [0, 0.05) is 28.9 Å². The molecule has 2 heteroatoms. The van der Waals surface area contributed by atoms with Crippen LogP contribution in [0.5, 0.6) is 0 Å². The van der Waals surface area contributed by atoms with E-state index in [1.165, 1.54) is 12.0 Å². The second-order valence-electron chi connectivity index (χ2n) is 3.71. The van der Waals surface area contributed by atoms with Crippen molar-refractivity contribution in [2.24, 2.45) is 11.8 Å². The van der Waals surface area contributed by atoms with Gasteiger partial charge in [0.15, 0.2) is 0 Å². The minimum absolute atomic E-state index is 0.677. The molecule has 1 aliphatic rings. The van der Waals surface area contributed by atoms with E-state index in [-0.39, 0.29) is 0 Å². The van der Waals surface area contributed by atoms with E-state index in [1.807, 2.05) is 0 Å². The number of rotatable bonds is 3. The number of nitrogens with one attached hydrogen (secondary N) is 1. The van der Waals surface area contributed by atoms with Crippen LogP contribution in [0.25, 0.3) is 0 Å². The Morgan fingerprint density at radius 2 is 2.27 bits per heavy atom. The number of hydrogen-bond acceptors (Lipinski definition) is 1. The van der Waals surface area contributed by atoms with Crippen molar-refractivity contribution in [3.63, 3.8) is 0 Å². The molecule has 0 spiro atoms. The maximum atomic E-state index is 3.27. The van der Waals surface area contributed by atoms with Gasteiger partial charge in [-0.25, -0.2) is 0 Å². The van der Waals surface area contributed by atoms with Gasteiger partial charge in [0.05, 0.1) is 0 Å². The van der Waals surface area contributed by atoms with Crippen LogP contribution < -0.4 is 3.53 Å². The van der Waals surface area contributed by atoms with Crippen LogP contribution in [0.3, 0.4) is 0 Å². The third-order valence-corrected chi connectivity index (χ3v) is 3.24. The van der Waals surface area contributed by atoms with Crippen molar-refractivity contribution in [2.45, 2.75) is 33.2 Å². The van der Waals surface area contributed by atoms with E-state index in [2.05, 4.69) is 53.2 Å². The van der Waals surface area contributed by atoms with Crippen LogP contribution in [0.4, 0.5) is 0 Å². The van der Waals surface area contributed by atoms with Gasteiger partial charge in [-0.3, -0.25) is 3.53 Å². The first-order valence-corrected chi connectivity index (χ1v) is 5.24. The van der Waals surface area contributed by atoms with Crippen LogP contribution in [-0.4, -0.2) is 6.04 Å². The molecule has 3 atom stereocenters. The van der Waals surface area contributed by atoms with Gasteiger partial charge >= 0.3 is 0 Å². The highest BCUT2D eigenvalue weighted by Crippen LogP contribution is 2.42. The molecular weight excluding hydrogens is 249 g/mol. The van der Waals surface area contributed by atoms with Gasteiger partial charge in [-0.1, -0.05) is 11.6 Å². The Balaban J connectivity index is 2.32. The van der Waals surface area contributed by atoms with Gasteiger partial charge in [-0.2, -0.15) is 0 Å². The largest absolute Gasteiger partial charge is 0.258 e. The first-order valence-electron chi connectivity index (χ1n) is 4.16. The van der Waals surface area contributed by atoms with Gasteiger partial charge in [0.25, 0.3) is 0 Å². The standard InChI is InChI=1S/C9H16IN/c1-6(2)4-8-5-9(8)7(3)11-10/h4,7-9,11H,5H2,1-3H3. The summed E-state index contributed by atoms with van der Waals surface area (Å²) >= 11 is 2.24. The van der Waals surface area contributed by atoms with Crippen molar-refractivity contribution in [1.29, 1.82) is 0 Å². The normalized spacial score (nSPS) is 31.3. The fraction of sp³-hybridized carbons (Fsp3) is 0.778. The van der Waals surface area contributed by atoms with Gasteiger partial charge < -0.3 is 0 Å². The summed E-state index contributed by atoms with van der Waals surface area (Å²) in [5.74, 6) is 1.75. The Labute approximate surface area is 83.1 Å². The molecule has 1 aliphatic carbocycles. The van der Waals surface area contributed by atoms with Crippen LogP contribution in [0.2, 0.25) is 0 Å². The van der Waals surface area contributed by atoms with Crippen LogP contribution in [0.1, 0.15) is 27.2 Å². The zero-order valence-electron chi connectivity index (χ0n) is 7.39. The molecule has 0 amide bonds. The maximum Gasteiger partial charge on any atom is 0.0172 e. The molecule has 0 heterocycles. The molecule has 0 aromatic carbocycles. The fourth-order valence-corrected chi connectivity index (χ4v) is 1.97. The lowest BCUT2D eigenvalue weighted by molar-refractivity contribution is 0.601. The predicted octanol–water partition coefficient (Wildman–Crippen LogP) is 2.92. The van der Waals surface area contributed by atoms with E-state index in [4.69, 9.17) is 0 Å². The smallest absolute Gasteiger partial charge is 0.0172 e. The summed E-state index contributed by atoms with van der Waals surface area (Å²) in [5.41, 5.74) is 1.46. The maximum absolute atomic E-state index is 3.27. The Morgan fingerprint density at radius 1 is 1.64 bits per heavy atom. The number of hydrogen-bond donors (Lipinski definition) is 1. The van der Waals surface area contributed by atoms with Crippen LogP contribution in [0, 0.1) is 11.8 Å². The summed E-state index contributed by atoms with van der Waals surface area (Å²) in [6.45, 7) is 6.62. The molecule has 1 nitrogen and oxygen atoms in total. The van der Waals surface area contributed by atoms with Crippen molar-refractivity contribution < 1.29 is 0 Å². The van der Waals surface area contributed by atoms with Crippen molar-refractivity contribution in [3.8, 4) is 0 Å². The molecule has 0 aliphatic heterocycles. The lowest BCUT2D eigenvalue weighted by Crippen LogP contribution is -2.18. The highest BCUT2D eigenvalue weighted by Gasteiger charge is 2.38. The third kappa shape index (κ3) is 2.75. The molecule has 11 heavy (non-hydrogen) atoms. The molecule has 0 bridgehead atoms. The molecule has 0 aromatic rings. The first kappa shape index (κ1) is 9.52. The van der Waals surface area contributed by atoms with Gasteiger partial charge in [-0.05, 0) is 39.0 Å². The highest BCUT2D eigenvalue weighted by atomic mass is 127. The summed E-state index contributed by atoms with van der Waals surface area (Å²) in [4.78, 5) is 0. The SMILES string of the molecule is CC(C)=CC1CC1C(C)NI. The van der Waals surface area contributed by atoms with Crippen LogP contribution >= 0.6 is 22.9 Å². The van der Waals surface area contributed by atoms with E-state index in [0.29, 0.717) is 6.04 Å². The highest BCUT2D eigenvalue weighted by molar-refractivity contribution is 14.1. The Morgan fingerprint density at radius 3 is 2.73 bits per heavy atom. The average molecular weight is 265 g/mol. The Kier molecular flexibility index (Phi) is 3.37. The van der Waals surface area contributed by atoms with Gasteiger partial charge in [0.2, 0.25) is 0 Å². The summed E-state index contributed by atoms with van der Waals surface area (Å²) in [6.07, 6.45) is 3.78. The second kappa shape index (κ2) is 3.90. The molecule has 0 saturated heterocycles. The van der Waals surface area contributed by atoms with E-state index in [0.717, 1.165) is 11.8 Å². The second-order valence-corrected chi connectivity index (χ2v) is 4.33. The fourth-order valence-electron chi connectivity index (χ4n) is 1.51. The van der Waals surface area contributed by atoms with Crippen LogP contribution in [-0.2, 0) is 0 Å². The average Bonchev–Trinajstić information content (AvgIpc) is 2.65. The third-order valence-electron chi connectivity index (χ3n) is 2.25. The van der Waals surface area contributed by atoms with Gasteiger partial charge in [-0.15, -0.1) is 0 Å². The van der Waals surface area contributed by atoms with Crippen molar-refractivity contribution in [3.05, 3.63) is 11.6 Å². The lowest BCUT2D eigenvalue weighted by Gasteiger charge is -2.05. The molecule has 0 radical (unpaired) electrons. The van der Waals surface area contributed by atoms with Crippen LogP contribution in [0.15, 0.2) is 11.6 Å². The Hall–Kier alpha value is 0.430. The molecular formula is C9H16IN. The topological polar surface area (TPSA) is 12.0 Å². The number of halogens is 1. The minimum atomic E-state index is 0.677. The summed E-state index contributed by atoms with van der Waals surface area (Å²) in [5, 5.41) is 0. The van der Waals surface area contributed by atoms with Gasteiger partial charge in [0.1, 0.15) is 0 Å². The molecule has 64 valence electrons. The lowest BCUT2D eigenvalue weighted by atomic mass is 10.1. The molecule has 1 fully saturated rings. The summed E-state index contributed by atoms with van der Waals surface area (Å²) in [7, 11) is 0. The zero-order chi connectivity index (χ0) is 8.43. The van der Waals surface area contributed by atoms with E-state index < -0.39 is 0 Å². The van der Waals surface area contributed by atoms with Crippen molar-refractivity contribution >= 4 is 22.9 Å². The minimum Gasteiger partial charge on any atom is -0.258 e. The van der Waals surface area contributed by atoms with E-state index >= 15 is 0 Å². The first-order chi connectivity index (χ1) is 5.15. The van der Waals surface area contributed by atoms with E-state index in [9.17, 15) is 0 Å². The molecule has 1 N–H and O–H groups in total. The zero-order valence-corrected chi connectivity index (χ0v) is 9.55. The quantitative estimate of drug-likeness (QED) is 0.470. The molecule has 0 aromatic heterocycles.